The lowest BCUT2D eigenvalue weighted by molar-refractivity contribution is 0.397. The van der Waals surface area contributed by atoms with Gasteiger partial charge in [-0.3, -0.25) is 28.4 Å². The van der Waals surface area contributed by atoms with Gasteiger partial charge in [0.05, 0.1) is 42.8 Å². The molecular weight excluding hydrogens is 847 g/mol. The highest BCUT2D eigenvalue weighted by atomic mass is 79.9. The maximum atomic E-state index is 11.0. The second-order valence-electron chi connectivity index (χ2n) is 9.44. The average Bonchev–Trinajstić information content (AvgIpc) is 3.86. The van der Waals surface area contributed by atoms with E-state index in [2.05, 4.69) is 94.9 Å². The van der Waals surface area contributed by atoms with Gasteiger partial charge in [0, 0.05) is 68.9 Å². The smallest absolute Gasteiger partial charge is 0.339 e. The van der Waals surface area contributed by atoms with Crippen LogP contribution < -0.4 is 26.2 Å². The van der Waals surface area contributed by atoms with Gasteiger partial charge in [-0.15, -0.1) is 17.0 Å². The van der Waals surface area contributed by atoms with Crippen LogP contribution in [0.15, 0.2) is 78.8 Å². The van der Waals surface area contributed by atoms with Crippen LogP contribution in [-0.2, 0) is 24.2 Å². The maximum Gasteiger partial charge on any atom is 0.339 e. The number of halogens is 5. The van der Waals surface area contributed by atoms with Gasteiger partial charge in [0.2, 0.25) is 23.7 Å². The van der Waals surface area contributed by atoms with E-state index in [4.69, 9.17) is 16.3 Å². The molecule has 0 aliphatic rings. The van der Waals surface area contributed by atoms with Gasteiger partial charge in [-0.25, -0.2) is 19.9 Å². The largest absolute Gasteiger partial charge is 0.481 e. The van der Waals surface area contributed by atoms with Gasteiger partial charge < -0.3 is 20.7 Å². The first-order valence-corrected chi connectivity index (χ1v) is 19.7. The predicted molar refractivity (Wildman–Crippen MR) is 210 cm³/mol. The van der Waals surface area contributed by atoms with Crippen LogP contribution >= 0.6 is 67.5 Å². The fraction of sp³-hybridized carbons (Fsp3) is 0.250. The minimum absolute atomic E-state index is 0. The van der Waals surface area contributed by atoms with Crippen LogP contribution in [0.5, 0.6) is 5.88 Å². The SMILES string of the molecule is Br.CCn1cc(Nc2nccc(=O)[nH]2)cn1.CCn1cc(Nc2nccc(Cl)n2)cn1.CCn1cc(Nc2nccc(OC)n2)cn1.O=P(Cl)(Cl)Cl. The minimum Gasteiger partial charge on any atom is -0.481 e. The van der Waals surface area contributed by atoms with E-state index in [1.54, 1.807) is 54.9 Å². The second-order valence-corrected chi connectivity index (χ2v) is 16.5. The Bertz CT molecular complexity index is 2030. The molecule has 0 amide bonds. The lowest BCUT2D eigenvalue weighted by Gasteiger charge is -2.02. The molecule has 0 saturated carbocycles. The zero-order valence-electron chi connectivity index (χ0n) is 28.1. The molecule has 0 unspecified atom stereocenters. The van der Waals surface area contributed by atoms with E-state index in [-0.39, 0.29) is 22.5 Å². The first kappa shape index (κ1) is 43.9. The molecule has 0 atom stereocenters. The first-order valence-electron chi connectivity index (χ1n) is 14.9. The number of rotatable bonds is 10. The van der Waals surface area contributed by atoms with Crippen molar-refractivity contribution in [2.45, 2.75) is 40.4 Å². The average molecular weight is 882 g/mol. The molecule has 18 nitrogen and oxygen atoms in total. The highest BCUT2D eigenvalue weighted by Gasteiger charge is 2.04. The molecule has 6 aromatic rings. The van der Waals surface area contributed by atoms with E-state index in [0.29, 0.717) is 28.9 Å². The van der Waals surface area contributed by atoms with Crippen molar-refractivity contribution in [1.29, 1.82) is 0 Å². The Balaban J connectivity index is 0.000000251. The molecule has 0 fully saturated rings. The number of anilines is 6. The van der Waals surface area contributed by atoms with Crippen LogP contribution in [-0.4, -0.2) is 66.4 Å². The summed E-state index contributed by atoms with van der Waals surface area (Å²) in [7, 11) is 1.57. The summed E-state index contributed by atoms with van der Waals surface area (Å²) in [5.74, 6) is 1.91. The number of aromatic amines is 1. The molecule has 0 radical (unpaired) electrons. The Morgan fingerprint density at radius 2 is 1.17 bits per heavy atom. The summed E-state index contributed by atoms with van der Waals surface area (Å²) in [6.07, 6.45) is 15.4. The summed E-state index contributed by atoms with van der Waals surface area (Å²) in [5.41, 5.74) is 2.32. The molecule has 0 aliphatic carbocycles. The molecular formula is C28H35BrCl4N15O3P. The predicted octanol–water partition coefficient (Wildman–Crippen LogP) is 7.65. The third kappa shape index (κ3) is 17.3. The van der Waals surface area contributed by atoms with Crippen LogP contribution in [0.4, 0.5) is 34.9 Å². The Labute approximate surface area is 328 Å². The van der Waals surface area contributed by atoms with Crippen molar-refractivity contribution in [2.75, 3.05) is 23.1 Å². The molecule has 0 aromatic carbocycles. The number of aromatic nitrogens is 12. The number of methoxy groups -OCH3 is 1. The molecule has 6 aromatic heterocycles. The summed E-state index contributed by atoms with van der Waals surface area (Å²) < 4.78 is 19.9. The molecule has 0 aliphatic heterocycles. The quantitative estimate of drug-likeness (QED) is 0.0769. The van der Waals surface area contributed by atoms with Gasteiger partial charge in [0.1, 0.15) is 5.15 Å². The normalized spacial score (nSPS) is 10.2. The zero-order valence-corrected chi connectivity index (χ0v) is 33.7. The number of hydrogen-bond donors (Lipinski definition) is 4. The standard InChI is InChI=1S/C10H13N5O.C9H10ClN5.C9H11N5O.BrH.Cl3OP/c1-3-15-7-8(6-12-15)13-10-11-5-4-9(14-10)16-2;1-2-15-6-7(5-12-15)13-9-11-4-3-8(10)14-9;1-2-14-6-7(5-11-14)12-9-10-4-3-8(15)13-9;;1-5(2,3)4/h4-7H,3H2,1-2H3,(H,11,13,14);3-6H,2H2,1H3,(H,11,13,14);3-6H,2H2,1H3,(H2,10,12,13,15);1H;. The number of hydrogen-bond acceptors (Lipinski definition) is 14. The van der Waals surface area contributed by atoms with E-state index in [1.165, 1.54) is 12.3 Å². The third-order valence-electron chi connectivity index (χ3n) is 5.78. The van der Waals surface area contributed by atoms with Gasteiger partial charge >= 0.3 is 5.20 Å². The summed E-state index contributed by atoms with van der Waals surface area (Å²) >= 11 is 19.6. The fourth-order valence-electron chi connectivity index (χ4n) is 3.54. The van der Waals surface area contributed by atoms with Crippen molar-refractivity contribution in [1.82, 2.24) is 59.2 Å². The second kappa shape index (κ2) is 22.6. The van der Waals surface area contributed by atoms with Gasteiger partial charge in [-0.1, -0.05) is 11.6 Å². The number of nitrogens with zero attached hydrogens (tertiary/aromatic N) is 11. The van der Waals surface area contributed by atoms with Gasteiger partial charge in [-0.2, -0.15) is 20.3 Å². The van der Waals surface area contributed by atoms with Gasteiger partial charge in [-0.05, 0) is 60.6 Å². The fourth-order valence-corrected chi connectivity index (χ4v) is 3.68. The van der Waals surface area contributed by atoms with Crippen molar-refractivity contribution in [3.8, 4) is 5.88 Å². The van der Waals surface area contributed by atoms with Gasteiger partial charge in [0.25, 0.3) is 5.56 Å². The summed E-state index contributed by atoms with van der Waals surface area (Å²) in [4.78, 5) is 33.8. The van der Waals surface area contributed by atoms with Crippen molar-refractivity contribution >= 4 is 102 Å². The Kier molecular flexibility index (Phi) is 19.1. The van der Waals surface area contributed by atoms with Crippen LogP contribution in [0.3, 0.4) is 0 Å². The van der Waals surface area contributed by atoms with Crippen molar-refractivity contribution < 1.29 is 9.30 Å². The third-order valence-corrected chi connectivity index (χ3v) is 5.99. The van der Waals surface area contributed by atoms with E-state index < -0.39 is 5.20 Å². The Morgan fingerprint density at radius 1 is 0.731 bits per heavy atom. The highest BCUT2D eigenvalue weighted by Crippen LogP contribution is 2.61. The van der Waals surface area contributed by atoms with Crippen LogP contribution in [0.25, 0.3) is 0 Å². The van der Waals surface area contributed by atoms with E-state index in [1.807, 2.05) is 48.7 Å². The van der Waals surface area contributed by atoms with Crippen molar-refractivity contribution in [3.63, 3.8) is 0 Å². The molecule has 4 N–H and O–H groups in total. The van der Waals surface area contributed by atoms with E-state index in [0.717, 1.165) is 36.7 Å². The van der Waals surface area contributed by atoms with Crippen LogP contribution in [0.2, 0.25) is 5.15 Å². The summed E-state index contributed by atoms with van der Waals surface area (Å²) in [5, 5.41) is 18.5. The molecule has 6 heterocycles. The summed E-state index contributed by atoms with van der Waals surface area (Å²) in [6.45, 7) is 8.52. The maximum absolute atomic E-state index is 11.0. The lowest BCUT2D eigenvalue weighted by Crippen LogP contribution is -2.07. The minimum atomic E-state index is -3.22. The van der Waals surface area contributed by atoms with E-state index in [9.17, 15) is 9.36 Å². The molecule has 0 saturated heterocycles. The molecule has 280 valence electrons. The highest BCUT2D eigenvalue weighted by molar-refractivity contribution is 8.93. The molecule has 0 spiro atoms. The number of nitrogens with one attached hydrogen (secondary N) is 4. The Hall–Kier alpha value is -4.26. The van der Waals surface area contributed by atoms with Crippen LogP contribution in [0.1, 0.15) is 20.8 Å². The summed E-state index contributed by atoms with van der Waals surface area (Å²) in [6, 6.07) is 4.68. The Morgan fingerprint density at radius 3 is 1.60 bits per heavy atom. The van der Waals surface area contributed by atoms with Crippen molar-refractivity contribution in [3.05, 3.63) is 89.5 Å². The first-order chi connectivity index (χ1) is 24.4. The number of ether oxygens (including phenoxy) is 1. The molecule has 52 heavy (non-hydrogen) atoms. The monoisotopic (exact) mass is 879 g/mol. The lowest BCUT2D eigenvalue weighted by atomic mass is 10.5. The number of aryl methyl sites for hydroxylation is 3. The van der Waals surface area contributed by atoms with Crippen molar-refractivity contribution in [2.24, 2.45) is 0 Å². The van der Waals surface area contributed by atoms with E-state index >= 15 is 0 Å². The zero-order chi connectivity index (χ0) is 37.2. The topological polar surface area (TPSA) is 213 Å². The molecule has 0 bridgehead atoms. The van der Waals surface area contributed by atoms with Gasteiger partial charge in [0.15, 0.2) is 0 Å². The number of H-pyrrole nitrogens is 1. The molecule has 24 heteroatoms. The van der Waals surface area contributed by atoms with Crippen LogP contribution in [0, 0.1) is 0 Å². The molecule has 6 rings (SSSR count).